The first-order chi connectivity index (χ1) is 9.69. The quantitative estimate of drug-likeness (QED) is 0.848. The van der Waals surface area contributed by atoms with Crippen LogP contribution in [0.1, 0.15) is 18.9 Å². The number of nitrogens with zero attached hydrogens (tertiary/aromatic N) is 1. The first-order valence-electron chi connectivity index (χ1n) is 7.09. The van der Waals surface area contributed by atoms with E-state index in [2.05, 4.69) is 17.1 Å². The molecule has 110 valence electrons. The summed E-state index contributed by atoms with van der Waals surface area (Å²) in [6, 6.07) is 8.04. The summed E-state index contributed by atoms with van der Waals surface area (Å²) in [5.41, 5.74) is 7.42. The first kappa shape index (κ1) is 15.0. The van der Waals surface area contributed by atoms with E-state index >= 15 is 0 Å². The summed E-state index contributed by atoms with van der Waals surface area (Å²) >= 11 is 0. The number of nitrogens with two attached hydrogens (primary N) is 1. The maximum absolute atomic E-state index is 12.0. The van der Waals surface area contributed by atoms with Gasteiger partial charge in [0, 0.05) is 37.8 Å². The van der Waals surface area contributed by atoms with Crippen LogP contribution in [0.15, 0.2) is 24.3 Å². The summed E-state index contributed by atoms with van der Waals surface area (Å²) in [4.78, 5) is 14.3. The second kappa shape index (κ2) is 7.38. The predicted octanol–water partition coefficient (Wildman–Crippen LogP) is 1.19. The Bertz CT molecular complexity index is 450. The highest BCUT2D eigenvalue weighted by Crippen LogP contribution is 2.11. The minimum absolute atomic E-state index is 0.0397. The highest BCUT2D eigenvalue weighted by molar-refractivity contribution is 5.90. The van der Waals surface area contributed by atoms with Gasteiger partial charge in [-0.15, -0.1) is 0 Å². The van der Waals surface area contributed by atoms with Crippen LogP contribution in [0.4, 0.5) is 5.69 Å². The van der Waals surface area contributed by atoms with Gasteiger partial charge in [-0.2, -0.15) is 0 Å². The van der Waals surface area contributed by atoms with Crippen LogP contribution in [0.5, 0.6) is 0 Å². The van der Waals surface area contributed by atoms with Gasteiger partial charge in [0.1, 0.15) is 0 Å². The number of amides is 1. The van der Waals surface area contributed by atoms with Crippen molar-refractivity contribution in [2.75, 3.05) is 31.6 Å². The molecule has 0 radical (unpaired) electrons. The molecular weight excluding hydrogens is 254 g/mol. The lowest BCUT2D eigenvalue weighted by atomic mass is 10.2. The molecule has 1 aliphatic rings. The van der Waals surface area contributed by atoms with Crippen LogP contribution < -0.4 is 11.1 Å². The molecule has 1 heterocycles. The zero-order chi connectivity index (χ0) is 14.4. The van der Waals surface area contributed by atoms with Gasteiger partial charge >= 0.3 is 0 Å². The first-order valence-corrected chi connectivity index (χ1v) is 7.09. The third-order valence-electron chi connectivity index (χ3n) is 3.58. The minimum Gasteiger partial charge on any atom is -0.379 e. The number of benzene rings is 1. The van der Waals surface area contributed by atoms with Gasteiger partial charge < -0.3 is 15.8 Å². The van der Waals surface area contributed by atoms with Crippen LogP contribution in [0.3, 0.4) is 0 Å². The Morgan fingerprint density at radius 1 is 1.55 bits per heavy atom. The number of hydrogen-bond donors (Lipinski definition) is 2. The highest BCUT2D eigenvalue weighted by Gasteiger charge is 2.19. The predicted molar refractivity (Wildman–Crippen MR) is 79.4 cm³/mol. The molecule has 1 fully saturated rings. The largest absolute Gasteiger partial charge is 0.379 e. The summed E-state index contributed by atoms with van der Waals surface area (Å²) in [6.45, 7) is 5.78. The Balaban J connectivity index is 1.79. The van der Waals surface area contributed by atoms with Gasteiger partial charge in [0.2, 0.25) is 5.91 Å². The summed E-state index contributed by atoms with van der Waals surface area (Å²) in [5, 5.41) is 2.92. The molecule has 1 saturated heterocycles. The average molecular weight is 277 g/mol. The molecule has 3 N–H and O–H groups in total. The molecule has 1 atom stereocenters. The van der Waals surface area contributed by atoms with Gasteiger partial charge in [-0.3, -0.25) is 9.69 Å². The number of carbonyl (C=O) groups is 1. The molecule has 20 heavy (non-hydrogen) atoms. The van der Waals surface area contributed by atoms with Gasteiger partial charge in [0.25, 0.3) is 0 Å². The lowest BCUT2D eigenvalue weighted by Gasteiger charge is -2.32. The molecule has 5 heteroatoms. The summed E-state index contributed by atoms with van der Waals surface area (Å²) in [6.07, 6.45) is 0.497. The van der Waals surface area contributed by atoms with Gasteiger partial charge in [-0.25, -0.2) is 0 Å². The van der Waals surface area contributed by atoms with Crippen LogP contribution in [-0.2, 0) is 16.1 Å². The Hall–Kier alpha value is -1.43. The summed E-state index contributed by atoms with van der Waals surface area (Å²) in [7, 11) is 0. The number of anilines is 1. The Morgan fingerprint density at radius 3 is 3.15 bits per heavy atom. The molecule has 5 nitrogen and oxygen atoms in total. The van der Waals surface area contributed by atoms with Gasteiger partial charge in [-0.1, -0.05) is 12.1 Å². The van der Waals surface area contributed by atoms with E-state index in [1.807, 2.05) is 24.3 Å². The van der Waals surface area contributed by atoms with Crippen LogP contribution in [0.25, 0.3) is 0 Å². The summed E-state index contributed by atoms with van der Waals surface area (Å²) in [5.74, 6) is 0.0397. The Morgan fingerprint density at radius 2 is 2.40 bits per heavy atom. The molecule has 0 aliphatic carbocycles. The average Bonchev–Trinajstić information content (AvgIpc) is 2.46. The maximum atomic E-state index is 12.0. The van der Waals surface area contributed by atoms with Crippen LogP contribution >= 0.6 is 0 Å². The topological polar surface area (TPSA) is 67.6 Å². The number of hydrogen-bond acceptors (Lipinski definition) is 4. The van der Waals surface area contributed by atoms with Crippen molar-refractivity contribution < 1.29 is 9.53 Å². The second-order valence-corrected chi connectivity index (χ2v) is 5.16. The monoisotopic (exact) mass is 277 g/mol. The normalized spacial score (nSPS) is 19.8. The van der Waals surface area contributed by atoms with Crippen LogP contribution in [0.2, 0.25) is 0 Å². The highest BCUT2D eigenvalue weighted by atomic mass is 16.5. The second-order valence-electron chi connectivity index (χ2n) is 5.16. The smallest absolute Gasteiger partial charge is 0.225 e. The lowest BCUT2D eigenvalue weighted by molar-refractivity contribution is -0.117. The van der Waals surface area contributed by atoms with Crippen molar-refractivity contribution in [2.45, 2.75) is 25.9 Å². The molecule has 0 spiro atoms. The van der Waals surface area contributed by atoms with Crippen molar-refractivity contribution >= 4 is 11.6 Å². The Labute approximate surface area is 120 Å². The van der Waals surface area contributed by atoms with Crippen molar-refractivity contribution in [3.63, 3.8) is 0 Å². The molecule has 1 aliphatic heterocycles. The number of ether oxygens (including phenoxy) is 1. The molecule has 0 bridgehead atoms. The molecular formula is C15H23N3O2. The molecule has 1 aromatic rings. The van der Waals surface area contributed by atoms with Gasteiger partial charge in [0.05, 0.1) is 13.2 Å². The van der Waals surface area contributed by atoms with E-state index in [0.717, 1.165) is 37.6 Å². The minimum atomic E-state index is 0.0397. The van der Waals surface area contributed by atoms with E-state index in [-0.39, 0.29) is 5.91 Å². The van der Waals surface area contributed by atoms with Crippen molar-refractivity contribution in [3.05, 3.63) is 29.8 Å². The Kier molecular flexibility index (Phi) is 5.52. The van der Waals surface area contributed by atoms with Gasteiger partial charge in [-0.05, 0) is 24.6 Å². The van der Waals surface area contributed by atoms with E-state index in [0.29, 0.717) is 19.0 Å². The third kappa shape index (κ3) is 4.30. The van der Waals surface area contributed by atoms with Crippen molar-refractivity contribution in [2.24, 2.45) is 5.73 Å². The number of carbonyl (C=O) groups excluding carboxylic acids is 1. The molecule has 2 rings (SSSR count). The molecule has 1 unspecified atom stereocenters. The summed E-state index contributed by atoms with van der Waals surface area (Å²) < 4.78 is 5.39. The van der Waals surface area contributed by atoms with Crippen molar-refractivity contribution in [1.82, 2.24) is 4.90 Å². The maximum Gasteiger partial charge on any atom is 0.225 e. The van der Waals surface area contributed by atoms with Gasteiger partial charge in [0.15, 0.2) is 0 Å². The van der Waals surface area contributed by atoms with E-state index in [1.54, 1.807) is 0 Å². The fourth-order valence-corrected chi connectivity index (χ4v) is 2.34. The van der Waals surface area contributed by atoms with E-state index in [9.17, 15) is 4.79 Å². The van der Waals surface area contributed by atoms with E-state index in [4.69, 9.17) is 10.5 Å². The number of morpholine rings is 1. The van der Waals surface area contributed by atoms with Crippen LogP contribution in [0, 0.1) is 0 Å². The van der Waals surface area contributed by atoms with Crippen molar-refractivity contribution in [3.8, 4) is 0 Å². The fourth-order valence-electron chi connectivity index (χ4n) is 2.34. The number of nitrogens with one attached hydrogen (secondary N) is 1. The molecule has 1 amide bonds. The zero-order valence-electron chi connectivity index (χ0n) is 12.0. The SMILES string of the molecule is CC1COCCN1CCC(=O)Nc1cccc(CN)c1. The molecule has 1 aromatic carbocycles. The van der Waals surface area contributed by atoms with E-state index in [1.165, 1.54) is 0 Å². The lowest BCUT2D eigenvalue weighted by Crippen LogP contribution is -2.44. The zero-order valence-corrected chi connectivity index (χ0v) is 12.0. The fraction of sp³-hybridized carbons (Fsp3) is 0.533. The number of rotatable bonds is 5. The molecule has 0 saturated carbocycles. The van der Waals surface area contributed by atoms with Crippen LogP contribution in [-0.4, -0.2) is 43.2 Å². The standard InChI is InChI=1S/C15H23N3O2/c1-12-11-20-8-7-18(12)6-5-15(19)17-14-4-2-3-13(9-14)10-16/h2-4,9,12H,5-8,10-11,16H2,1H3,(H,17,19). The third-order valence-corrected chi connectivity index (χ3v) is 3.58. The van der Waals surface area contributed by atoms with Crippen molar-refractivity contribution in [1.29, 1.82) is 0 Å². The molecule has 0 aromatic heterocycles. The van der Waals surface area contributed by atoms with E-state index < -0.39 is 0 Å².